The second-order valence-corrected chi connectivity index (χ2v) is 6.79. The molecule has 0 saturated carbocycles. The van der Waals surface area contributed by atoms with Gasteiger partial charge in [0.25, 0.3) is 0 Å². The van der Waals surface area contributed by atoms with Gasteiger partial charge in [-0.3, -0.25) is 0 Å². The highest BCUT2D eigenvalue weighted by Gasteiger charge is 2.18. The van der Waals surface area contributed by atoms with E-state index in [4.69, 9.17) is 23.2 Å². The molecule has 0 aliphatic carbocycles. The normalized spacial score (nSPS) is 12.4. The van der Waals surface area contributed by atoms with E-state index in [2.05, 4.69) is 53.3 Å². The molecule has 0 aliphatic rings. The largest absolute Gasteiger partial charge is 0.306 e. The van der Waals surface area contributed by atoms with E-state index >= 15 is 0 Å². The molecule has 4 heteroatoms. The van der Waals surface area contributed by atoms with Crippen LogP contribution in [0.4, 0.5) is 0 Å². The van der Waals surface area contributed by atoms with Crippen molar-refractivity contribution in [2.45, 2.75) is 26.3 Å². The van der Waals surface area contributed by atoms with E-state index in [9.17, 15) is 0 Å². The molecule has 1 unspecified atom stereocenters. The van der Waals surface area contributed by atoms with Gasteiger partial charge in [-0.05, 0) is 54.8 Å². The molecule has 2 aromatic rings. The predicted octanol–water partition coefficient (Wildman–Crippen LogP) is 6.15. The molecule has 0 aromatic heterocycles. The minimum Gasteiger partial charge on any atom is -0.306 e. The Bertz CT molecular complexity index is 608. The summed E-state index contributed by atoms with van der Waals surface area (Å²) in [5.74, 6) is 0. The number of aryl methyl sites for hydroxylation is 1. The molecule has 0 amide bonds. The number of hydrogen-bond acceptors (Lipinski definition) is 1. The molecule has 1 nitrogen and oxygen atoms in total. The minimum absolute atomic E-state index is 0.0346. The summed E-state index contributed by atoms with van der Waals surface area (Å²) in [7, 11) is 0. The molecular formula is C17H18BrCl2N. The Balaban J connectivity index is 2.49. The van der Waals surface area contributed by atoms with Gasteiger partial charge in [-0.25, -0.2) is 0 Å². The molecule has 1 atom stereocenters. The highest BCUT2D eigenvalue weighted by Crippen LogP contribution is 2.34. The van der Waals surface area contributed by atoms with Crippen LogP contribution in [0.15, 0.2) is 40.9 Å². The molecule has 0 heterocycles. The summed E-state index contributed by atoms with van der Waals surface area (Å²) < 4.78 is 1.07. The van der Waals surface area contributed by atoms with Crippen molar-refractivity contribution in [1.82, 2.24) is 5.32 Å². The zero-order chi connectivity index (χ0) is 15.4. The molecule has 0 radical (unpaired) electrons. The molecule has 0 spiro atoms. The number of rotatable bonds is 5. The van der Waals surface area contributed by atoms with Crippen LogP contribution in [0.5, 0.6) is 0 Å². The van der Waals surface area contributed by atoms with Crippen LogP contribution in [0.3, 0.4) is 0 Å². The van der Waals surface area contributed by atoms with Crippen molar-refractivity contribution in [3.8, 4) is 0 Å². The third-order valence-electron chi connectivity index (χ3n) is 3.29. The highest BCUT2D eigenvalue weighted by atomic mass is 79.9. The van der Waals surface area contributed by atoms with Crippen LogP contribution in [-0.4, -0.2) is 6.54 Å². The average Bonchev–Trinajstić information content (AvgIpc) is 2.42. The average molecular weight is 387 g/mol. The van der Waals surface area contributed by atoms with Gasteiger partial charge in [0.15, 0.2) is 0 Å². The first-order valence-corrected chi connectivity index (χ1v) is 8.52. The fraction of sp³-hybridized carbons (Fsp3) is 0.294. The Morgan fingerprint density at radius 3 is 2.62 bits per heavy atom. The van der Waals surface area contributed by atoms with E-state index in [1.54, 1.807) is 0 Å². The van der Waals surface area contributed by atoms with Gasteiger partial charge in [0.2, 0.25) is 0 Å². The monoisotopic (exact) mass is 385 g/mol. The summed E-state index contributed by atoms with van der Waals surface area (Å²) in [4.78, 5) is 0. The van der Waals surface area contributed by atoms with E-state index in [0.717, 1.165) is 23.0 Å². The maximum absolute atomic E-state index is 6.41. The Kier molecular flexibility index (Phi) is 6.12. The minimum atomic E-state index is 0.0346. The van der Waals surface area contributed by atoms with Crippen molar-refractivity contribution < 1.29 is 0 Å². The first-order valence-electron chi connectivity index (χ1n) is 6.97. The molecule has 0 bridgehead atoms. The van der Waals surface area contributed by atoms with E-state index in [0.29, 0.717) is 10.0 Å². The zero-order valence-corrected chi connectivity index (χ0v) is 15.2. The van der Waals surface area contributed by atoms with Crippen molar-refractivity contribution in [1.29, 1.82) is 0 Å². The Hall–Kier alpha value is -0.540. The van der Waals surface area contributed by atoms with Gasteiger partial charge in [-0.2, -0.15) is 0 Å². The van der Waals surface area contributed by atoms with E-state index in [1.807, 2.05) is 18.2 Å². The van der Waals surface area contributed by atoms with Gasteiger partial charge < -0.3 is 5.32 Å². The van der Waals surface area contributed by atoms with Crippen LogP contribution in [-0.2, 0) is 0 Å². The fourth-order valence-corrected chi connectivity index (χ4v) is 3.41. The van der Waals surface area contributed by atoms with Crippen LogP contribution < -0.4 is 5.32 Å². The van der Waals surface area contributed by atoms with Crippen LogP contribution in [0.2, 0.25) is 10.0 Å². The van der Waals surface area contributed by atoms with Crippen molar-refractivity contribution in [2.75, 3.05) is 6.54 Å². The van der Waals surface area contributed by atoms with Gasteiger partial charge in [0.05, 0.1) is 16.1 Å². The summed E-state index contributed by atoms with van der Waals surface area (Å²) >= 11 is 16.2. The topological polar surface area (TPSA) is 12.0 Å². The molecule has 0 fully saturated rings. The lowest BCUT2D eigenvalue weighted by Gasteiger charge is -2.22. The number of benzene rings is 2. The molecule has 2 rings (SSSR count). The van der Waals surface area contributed by atoms with E-state index < -0.39 is 0 Å². The van der Waals surface area contributed by atoms with Crippen molar-refractivity contribution >= 4 is 39.1 Å². The summed E-state index contributed by atoms with van der Waals surface area (Å²) in [6.07, 6.45) is 1.06. The highest BCUT2D eigenvalue weighted by molar-refractivity contribution is 9.10. The molecule has 2 aromatic carbocycles. The Labute approximate surface area is 144 Å². The lowest BCUT2D eigenvalue weighted by molar-refractivity contribution is 0.598. The number of hydrogen-bond donors (Lipinski definition) is 1. The molecule has 21 heavy (non-hydrogen) atoms. The van der Waals surface area contributed by atoms with Crippen molar-refractivity contribution in [3.05, 3.63) is 67.6 Å². The summed E-state index contributed by atoms with van der Waals surface area (Å²) in [5.41, 5.74) is 3.40. The Morgan fingerprint density at radius 2 is 1.95 bits per heavy atom. The first kappa shape index (κ1) is 16.8. The predicted molar refractivity (Wildman–Crippen MR) is 95.5 cm³/mol. The molecular weight excluding hydrogens is 369 g/mol. The number of halogens is 3. The van der Waals surface area contributed by atoms with E-state index in [-0.39, 0.29) is 6.04 Å². The van der Waals surface area contributed by atoms with E-state index in [1.165, 1.54) is 11.1 Å². The fourth-order valence-electron chi connectivity index (χ4n) is 2.37. The molecule has 1 N–H and O–H groups in total. The van der Waals surface area contributed by atoms with Gasteiger partial charge >= 0.3 is 0 Å². The lowest BCUT2D eigenvalue weighted by Crippen LogP contribution is -2.23. The first-order chi connectivity index (χ1) is 10.0. The maximum Gasteiger partial charge on any atom is 0.0643 e. The van der Waals surface area contributed by atoms with Crippen LogP contribution in [0.1, 0.15) is 36.1 Å². The van der Waals surface area contributed by atoms with Crippen LogP contribution >= 0.6 is 39.1 Å². The zero-order valence-electron chi connectivity index (χ0n) is 12.1. The van der Waals surface area contributed by atoms with Crippen molar-refractivity contribution in [2.24, 2.45) is 0 Å². The summed E-state index contributed by atoms with van der Waals surface area (Å²) in [5, 5.41) is 4.76. The standard InChI is InChI=1S/C17H18BrCl2N/c1-3-7-21-17(12-8-11(2)9-13(18)10-12)14-5-4-6-15(19)16(14)20/h4-6,8-10,17,21H,3,7H2,1-2H3. The van der Waals surface area contributed by atoms with Crippen LogP contribution in [0, 0.1) is 6.92 Å². The van der Waals surface area contributed by atoms with Crippen molar-refractivity contribution in [3.63, 3.8) is 0 Å². The smallest absolute Gasteiger partial charge is 0.0643 e. The summed E-state index contributed by atoms with van der Waals surface area (Å²) in [6, 6.07) is 12.2. The van der Waals surface area contributed by atoms with Crippen LogP contribution in [0.25, 0.3) is 0 Å². The second kappa shape index (κ2) is 7.64. The summed E-state index contributed by atoms with van der Waals surface area (Å²) in [6.45, 7) is 5.15. The Morgan fingerprint density at radius 1 is 1.19 bits per heavy atom. The molecule has 0 aliphatic heterocycles. The van der Waals surface area contributed by atoms with Gasteiger partial charge in [-0.1, -0.05) is 64.3 Å². The molecule has 0 saturated heterocycles. The maximum atomic E-state index is 6.41. The SMILES string of the molecule is CCCNC(c1cc(C)cc(Br)c1)c1cccc(Cl)c1Cl. The van der Waals surface area contributed by atoms with Gasteiger partial charge in [0.1, 0.15) is 0 Å². The second-order valence-electron chi connectivity index (χ2n) is 5.09. The quantitative estimate of drug-likeness (QED) is 0.649. The third-order valence-corrected chi connectivity index (χ3v) is 4.58. The van der Waals surface area contributed by atoms with Gasteiger partial charge in [-0.15, -0.1) is 0 Å². The lowest BCUT2D eigenvalue weighted by atomic mass is 9.97. The van der Waals surface area contributed by atoms with Gasteiger partial charge in [0, 0.05) is 4.47 Å². The molecule has 112 valence electrons. The third kappa shape index (κ3) is 4.23. The number of nitrogens with one attached hydrogen (secondary N) is 1.